The number of hydrogen-bond acceptors (Lipinski definition) is 5. The molecule has 0 aliphatic rings. The van der Waals surface area contributed by atoms with Gasteiger partial charge >= 0.3 is 0 Å². The Morgan fingerprint density at radius 2 is 1.66 bits per heavy atom. The van der Waals surface area contributed by atoms with Crippen molar-refractivity contribution in [2.75, 3.05) is 30.8 Å². The van der Waals surface area contributed by atoms with Gasteiger partial charge in [0.25, 0.3) is 0 Å². The first kappa shape index (κ1) is 28.7. The van der Waals surface area contributed by atoms with Crippen LogP contribution in [0.1, 0.15) is 26.3 Å². The molecule has 35 heavy (non-hydrogen) atoms. The summed E-state index contributed by atoms with van der Waals surface area (Å²) in [5, 5.41) is 3.50. The Balaban J connectivity index is 2.38. The third kappa shape index (κ3) is 8.30. The molecule has 0 radical (unpaired) electrons. The SMILES string of the molecule is COc1ccc(N(CC(=O)N(Cc2ccc(Cl)c(Cl)c2)[C@H](C)C(=O)NCC(C)C)S(C)(=O)=O)cc1. The number of nitrogens with one attached hydrogen (secondary N) is 1. The summed E-state index contributed by atoms with van der Waals surface area (Å²) in [6.07, 6.45) is 1.02. The van der Waals surface area contributed by atoms with Crippen LogP contribution >= 0.6 is 23.2 Å². The zero-order valence-electron chi connectivity index (χ0n) is 20.4. The summed E-state index contributed by atoms with van der Waals surface area (Å²) in [6, 6.07) is 10.4. The molecular formula is C24H31Cl2N3O5S. The highest BCUT2D eigenvalue weighted by atomic mass is 35.5. The number of carbonyl (C=O) groups is 2. The van der Waals surface area contributed by atoms with E-state index in [0.717, 1.165) is 10.6 Å². The number of anilines is 1. The van der Waals surface area contributed by atoms with E-state index in [0.29, 0.717) is 33.6 Å². The smallest absolute Gasteiger partial charge is 0.244 e. The molecular weight excluding hydrogens is 513 g/mol. The first-order valence-electron chi connectivity index (χ1n) is 11.0. The van der Waals surface area contributed by atoms with Crippen LogP contribution in [0.4, 0.5) is 5.69 Å². The Kier molecular flexibility index (Phi) is 10.2. The van der Waals surface area contributed by atoms with Gasteiger partial charge in [0, 0.05) is 13.1 Å². The third-order valence-electron chi connectivity index (χ3n) is 5.23. The molecule has 0 aliphatic heterocycles. The fraction of sp³-hybridized carbons (Fsp3) is 0.417. The van der Waals surface area contributed by atoms with Crippen molar-refractivity contribution in [1.82, 2.24) is 10.2 Å². The van der Waals surface area contributed by atoms with Crippen LogP contribution in [0.25, 0.3) is 0 Å². The second-order valence-corrected chi connectivity index (χ2v) is 11.3. The largest absolute Gasteiger partial charge is 0.497 e. The minimum Gasteiger partial charge on any atom is -0.497 e. The third-order valence-corrected chi connectivity index (χ3v) is 7.11. The molecule has 0 aromatic heterocycles. The van der Waals surface area contributed by atoms with E-state index < -0.39 is 28.5 Å². The van der Waals surface area contributed by atoms with Crippen molar-refractivity contribution in [3.63, 3.8) is 0 Å². The Bertz CT molecular complexity index is 1140. The highest BCUT2D eigenvalue weighted by molar-refractivity contribution is 7.92. The highest BCUT2D eigenvalue weighted by Crippen LogP contribution is 2.25. The number of amides is 2. The summed E-state index contributed by atoms with van der Waals surface area (Å²) >= 11 is 12.2. The molecule has 0 saturated carbocycles. The van der Waals surface area contributed by atoms with E-state index in [9.17, 15) is 18.0 Å². The molecule has 2 rings (SSSR count). The van der Waals surface area contributed by atoms with Gasteiger partial charge in [0.2, 0.25) is 21.8 Å². The lowest BCUT2D eigenvalue weighted by Crippen LogP contribution is -2.51. The number of sulfonamides is 1. The molecule has 0 aliphatic carbocycles. The van der Waals surface area contributed by atoms with Gasteiger partial charge in [0.1, 0.15) is 18.3 Å². The molecule has 0 spiro atoms. The van der Waals surface area contributed by atoms with Crippen LogP contribution in [0.5, 0.6) is 5.75 Å². The molecule has 2 amide bonds. The number of ether oxygens (including phenoxy) is 1. The van der Waals surface area contributed by atoms with E-state index in [-0.39, 0.29) is 18.4 Å². The second-order valence-electron chi connectivity index (χ2n) is 8.55. The highest BCUT2D eigenvalue weighted by Gasteiger charge is 2.30. The lowest BCUT2D eigenvalue weighted by Gasteiger charge is -2.31. The topological polar surface area (TPSA) is 96.0 Å². The standard InChI is InChI=1S/C24H31Cl2N3O5S/c1-16(2)13-27-24(31)17(3)28(14-18-6-11-21(25)22(26)12-18)23(30)15-29(35(5,32)33)19-7-9-20(34-4)10-8-19/h6-12,16-17H,13-15H2,1-5H3,(H,27,31)/t17-/m1/s1. The predicted molar refractivity (Wildman–Crippen MR) is 140 cm³/mol. The van der Waals surface area contributed by atoms with E-state index in [2.05, 4.69) is 5.32 Å². The molecule has 1 N–H and O–H groups in total. The number of methoxy groups -OCH3 is 1. The molecule has 0 bridgehead atoms. The Hall–Kier alpha value is -2.49. The molecule has 0 fully saturated rings. The summed E-state index contributed by atoms with van der Waals surface area (Å²) in [4.78, 5) is 27.7. The normalized spacial score (nSPS) is 12.2. The van der Waals surface area contributed by atoms with Gasteiger partial charge in [-0.05, 0) is 54.8 Å². The fourth-order valence-electron chi connectivity index (χ4n) is 3.23. The van der Waals surface area contributed by atoms with E-state index in [4.69, 9.17) is 27.9 Å². The van der Waals surface area contributed by atoms with Crippen molar-refractivity contribution in [1.29, 1.82) is 0 Å². The summed E-state index contributed by atoms with van der Waals surface area (Å²) in [7, 11) is -2.31. The first-order chi connectivity index (χ1) is 16.3. The van der Waals surface area contributed by atoms with E-state index >= 15 is 0 Å². The van der Waals surface area contributed by atoms with Crippen LogP contribution in [-0.4, -0.2) is 57.6 Å². The minimum absolute atomic E-state index is 0.0339. The fourth-order valence-corrected chi connectivity index (χ4v) is 4.40. The molecule has 11 heteroatoms. The average Bonchev–Trinajstić information content (AvgIpc) is 2.80. The van der Waals surface area contributed by atoms with Crippen LogP contribution in [0, 0.1) is 5.92 Å². The lowest BCUT2D eigenvalue weighted by molar-refractivity contribution is -0.139. The second kappa shape index (κ2) is 12.5. The number of nitrogens with zero attached hydrogens (tertiary/aromatic N) is 2. The van der Waals surface area contributed by atoms with Crippen LogP contribution in [-0.2, 0) is 26.2 Å². The van der Waals surface area contributed by atoms with Gasteiger partial charge in [-0.2, -0.15) is 0 Å². The average molecular weight is 545 g/mol. The monoisotopic (exact) mass is 543 g/mol. The summed E-state index contributed by atoms with van der Waals surface area (Å²) in [5.74, 6) is -0.127. The van der Waals surface area contributed by atoms with Gasteiger partial charge < -0.3 is 15.0 Å². The zero-order valence-corrected chi connectivity index (χ0v) is 22.7. The Morgan fingerprint density at radius 3 is 2.17 bits per heavy atom. The molecule has 2 aromatic carbocycles. The summed E-state index contributed by atoms with van der Waals surface area (Å²) in [5.41, 5.74) is 0.944. The maximum atomic E-state index is 13.5. The maximum absolute atomic E-state index is 13.5. The number of carbonyl (C=O) groups excluding carboxylic acids is 2. The van der Waals surface area contributed by atoms with Gasteiger partial charge in [-0.1, -0.05) is 43.1 Å². The number of rotatable bonds is 11. The summed E-state index contributed by atoms with van der Waals surface area (Å²) < 4.78 is 31.3. The van der Waals surface area contributed by atoms with Gasteiger partial charge in [-0.25, -0.2) is 8.42 Å². The van der Waals surface area contributed by atoms with E-state index in [1.54, 1.807) is 49.4 Å². The number of halogens is 2. The Morgan fingerprint density at radius 1 is 1.03 bits per heavy atom. The number of hydrogen-bond donors (Lipinski definition) is 1. The zero-order chi connectivity index (χ0) is 26.3. The van der Waals surface area contributed by atoms with Gasteiger partial charge in [-0.15, -0.1) is 0 Å². The van der Waals surface area contributed by atoms with Crippen molar-refractivity contribution < 1.29 is 22.7 Å². The van der Waals surface area contributed by atoms with Gasteiger partial charge in [0.15, 0.2) is 0 Å². The quantitative estimate of drug-likeness (QED) is 0.462. The molecule has 0 heterocycles. The minimum atomic E-state index is -3.81. The van der Waals surface area contributed by atoms with Crippen LogP contribution in [0.3, 0.4) is 0 Å². The van der Waals surface area contributed by atoms with Crippen molar-refractivity contribution in [3.8, 4) is 5.75 Å². The van der Waals surface area contributed by atoms with Crippen LogP contribution in [0.15, 0.2) is 42.5 Å². The van der Waals surface area contributed by atoms with Crippen molar-refractivity contribution in [3.05, 3.63) is 58.1 Å². The summed E-state index contributed by atoms with van der Waals surface area (Å²) in [6.45, 7) is 5.51. The van der Waals surface area contributed by atoms with Crippen molar-refractivity contribution in [2.45, 2.75) is 33.4 Å². The van der Waals surface area contributed by atoms with Gasteiger partial charge in [0.05, 0.1) is 29.1 Å². The molecule has 2 aromatic rings. The predicted octanol–water partition coefficient (Wildman–Crippen LogP) is 3.96. The molecule has 8 nitrogen and oxygen atoms in total. The first-order valence-corrected chi connectivity index (χ1v) is 13.6. The lowest BCUT2D eigenvalue weighted by atomic mass is 10.1. The maximum Gasteiger partial charge on any atom is 0.244 e. The van der Waals surface area contributed by atoms with Crippen LogP contribution < -0.4 is 14.4 Å². The number of benzene rings is 2. The molecule has 192 valence electrons. The van der Waals surface area contributed by atoms with Crippen molar-refractivity contribution in [2.24, 2.45) is 5.92 Å². The van der Waals surface area contributed by atoms with E-state index in [1.807, 2.05) is 13.8 Å². The van der Waals surface area contributed by atoms with Gasteiger partial charge in [-0.3, -0.25) is 13.9 Å². The van der Waals surface area contributed by atoms with E-state index in [1.165, 1.54) is 12.0 Å². The van der Waals surface area contributed by atoms with Crippen LogP contribution in [0.2, 0.25) is 10.0 Å². The molecule has 0 saturated heterocycles. The molecule has 0 unspecified atom stereocenters. The Labute approximate surface area is 217 Å². The van der Waals surface area contributed by atoms with Crippen molar-refractivity contribution >= 4 is 50.7 Å². The molecule has 1 atom stereocenters.